The van der Waals surface area contributed by atoms with E-state index >= 15 is 0 Å². The number of aryl methyl sites for hydroxylation is 1. The van der Waals surface area contributed by atoms with Crippen LogP contribution in [0.15, 0.2) is 30.3 Å². The van der Waals surface area contributed by atoms with E-state index < -0.39 is 0 Å². The van der Waals surface area contributed by atoms with Crippen molar-refractivity contribution in [1.82, 2.24) is 4.90 Å². The number of rotatable bonds is 3. The molecular formula is C25H30N2O2S. The van der Waals surface area contributed by atoms with E-state index in [0.29, 0.717) is 5.69 Å². The maximum Gasteiger partial charge on any atom is 0.289 e. The quantitative estimate of drug-likeness (QED) is 0.636. The highest BCUT2D eigenvalue weighted by Gasteiger charge is 2.37. The Kier molecular flexibility index (Phi) is 5.00. The van der Waals surface area contributed by atoms with Gasteiger partial charge in [0.1, 0.15) is 0 Å². The summed E-state index contributed by atoms with van der Waals surface area (Å²) in [4.78, 5) is 25.1. The van der Waals surface area contributed by atoms with E-state index in [2.05, 4.69) is 46.8 Å². The molecule has 0 atom stereocenters. The number of fused-ring (bicyclic) bond motifs is 1. The van der Waals surface area contributed by atoms with Gasteiger partial charge in [0.2, 0.25) is 5.91 Å². The zero-order valence-corrected chi connectivity index (χ0v) is 19.3. The van der Waals surface area contributed by atoms with Crippen molar-refractivity contribution in [3.63, 3.8) is 0 Å². The van der Waals surface area contributed by atoms with Crippen molar-refractivity contribution in [1.29, 1.82) is 0 Å². The van der Waals surface area contributed by atoms with Crippen LogP contribution in [0.4, 0.5) is 10.5 Å². The van der Waals surface area contributed by atoms with Crippen molar-refractivity contribution in [3.8, 4) is 11.1 Å². The Labute approximate surface area is 183 Å². The van der Waals surface area contributed by atoms with Crippen LogP contribution in [0.2, 0.25) is 0 Å². The van der Waals surface area contributed by atoms with Crippen LogP contribution in [0.1, 0.15) is 62.8 Å². The van der Waals surface area contributed by atoms with Crippen LogP contribution in [-0.2, 0) is 22.2 Å². The fourth-order valence-corrected chi connectivity index (χ4v) is 5.41. The molecule has 158 valence electrons. The average molecular weight is 423 g/mol. The summed E-state index contributed by atoms with van der Waals surface area (Å²) < 4.78 is 0. The molecule has 1 aliphatic heterocycles. The summed E-state index contributed by atoms with van der Waals surface area (Å²) >= 11 is 1.06. The van der Waals surface area contributed by atoms with Crippen LogP contribution >= 0.6 is 11.8 Å². The Bertz CT molecular complexity index is 1040. The molecule has 30 heavy (non-hydrogen) atoms. The van der Waals surface area contributed by atoms with Crippen LogP contribution in [-0.4, -0.2) is 21.8 Å². The number of nitrogens with two attached hydrogens (primary N) is 1. The van der Waals surface area contributed by atoms with Gasteiger partial charge in [-0.25, -0.2) is 0 Å². The SMILES string of the molecule is Cc1cc2c(cc1-c1ccc(CN3C(=O)CSC3=O)cc1N)C(C)(C)CCC2(C)C. The summed E-state index contributed by atoms with van der Waals surface area (Å²) in [5, 5.41) is -0.182. The van der Waals surface area contributed by atoms with Crippen LogP contribution in [0.25, 0.3) is 11.1 Å². The third-order valence-electron chi connectivity index (χ3n) is 6.79. The monoisotopic (exact) mass is 422 g/mol. The van der Waals surface area contributed by atoms with Gasteiger partial charge in [0.05, 0.1) is 12.3 Å². The van der Waals surface area contributed by atoms with Gasteiger partial charge in [-0.05, 0) is 70.5 Å². The van der Waals surface area contributed by atoms with Crippen molar-refractivity contribution in [2.75, 3.05) is 11.5 Å². The molecule has 1 heterocycles. The van der Waals surface area contributed by atoms with E-state index in [1.54, 1.807) is 0 Å². The number of benzene rings is 2. The number of thioether (sulfide) groups is 1. The third-order valence-corrected chi connectivity index (χ3v) is 7.64. The van der Waals surface area contributed by atoms with E-state index in [0.717, 1.165) is 28.5 Å². The van der Waals surface area contributed by atoms with Gasteiger partial charge in [0.25, 0.3) is 5.24 Å². The highest BCUT2D eigenvalue weighted by atomic mass is 32.2. The number of amides is 2. The zero-order chi connectivity index (χ0) is 21.8. The van der Waals surface area contributed by atoms with Crippen LogP contribution in [0, 0.1) is 6.92 Å². The standard InChI is InChI=1S/C25H30N2O2S/c1-15-10-19-20(25(4,5)9-8-24(19,2)3)12-18(15)17-7-6-16(11-21(17)26)13-27-22(28)14-30-23(27)29/h6-7,10-12H,8-9,13-14,26H2,1-5H3. The molecule has 0 aromatic heterocycles. The molecule has 4 nitrogen and oxygen atoms in total. The number of nitrogen functional groups attached to an aromatic ring is 1. The van der Waals surface area contributed by atoms with Gasteiger partial charge < -0.3 is 5.73 Å². The fraction of sp³-hybridized carbons (Fsp3) is 0.440. The number of carbonyl (C=O) groups excluding carboxylic acids is 2. The Morgan fingerprint density at radius 3 is 2.17 bits per heavy atom. The summed E-state index contributed by atoms with van der Waals surface area (Å²) in [7, 11) is 0. The predicted octanol–water partition coefficient (Wildman–Crippen LogP) is 5.79. The van der Waals surface area contributed by atoms with Crippen molar-refractivity contribution >= 4 is 28.6 Å². The largest absolute Gasteiger partial charge is 0.398 e. The molecule has 2 N–H and O–H groups in total. The van der Waals surface area contributed by atoms with Gasteiger partial charge in [0, 0.05) is 11.3 Å². The first kappa shape index (κ1) is 21.0. The van der Waals surface area contributed by atoms with E-state index in [1.165, 1.54) is 34.4 Å². The Morgan fingerprint density at radius 1 is 0.967 bits per heavy atom. The van der Waals surface area contributed by atoms with Gasteiger partial charge in [-0.3, -0.25) is 14.5 Å². The van der Waals surface area contributed by atoms with Crippen molar-refractivity contribution < 1.29 is 9.59 Å². The van der Waals surface area contributed by atoms with E-state index in [4.69, 9.17) is 5.73 Å². The molecule has 0 bridgehead atoms. The highest BCUT2D eigenvalue weighted by molar-refractivity contribution is 8.14. The molecule has 1 saturated heterocycles. The number of imide groups is 1. The maximum atomic E-state index is 11.9. The first-order valence-corrected chi connectivity index (χ1v) is 11.5. The van der Waals surface area contributed by atoms with Crippen molar-refractivity contribution in [3.05, 3.63) is 52.6 Å². The lowest BCUT2D eigenvalue weighted by molar-refractivity contribution is -0.125. The number of hydrogen-bond acceptors (Lipinski definition) is 4. The number of hydrogen-bond donors (Lipinski definition) is 1. The molecule has 1 aliphatic carbocycles. The second-order valence-electron chi connectivity index (χ2n) is 9.94. The molecule has 2 aliphatic rings. The topological polar surface area (TPSA) is 63.4 Å². The minimum atomic E-state index is -0.182. The average Bonchev–Trinajstić information content (AvgIpc) is 2.98. The summed E-state index contributed by atoms with van der Waals surface area (Å²) in [6.45, 7) is 11.8. The molecule has 2 aromatic rings. The minimum Gasteiger partial charge on any atom is -0.398 e. The summed E-state index contributed by atoms with van der Waals surface area (Å²) in [5.41, 5.74) is 14.6. The van der Waals surface area contributed by atoms with Gasteiger partial charge in [-0.1, -0.05) is 57.7 Å². The molecule has 0 saturated carbocycles. The normalized spacial score (nSPS) is 19.8. The van der Waals surface area contributed by atoms with E-state index in [9.17, 15) is 9.59 Å². The van der Waals surface area contributed by atoms with Crippen LogP contribution < -0.4 is 5.73 Å². The smallest absolute Gasteiger partial charge is 0.289 e. The minimum absolute atomic E-state index is 0.135. The second-order valence-corrected chi connectivity index (χ2v) is 10.9. The summed E-state index contributed by atoms with van der Waals surface area (Å²) in [5.74, 6) is 0.0929. The molecule has 1 fully saturated rings. The van der Waals surface area contributed by atoms with Crippen molar-refractivity contribution in [2.24, 2.45) is 0 Å². The number of carbonyl (C=O) groups is 2. The second kappa shape index (κ2) is 7.16. The van der Waals surface area contributed by atoms with Crippen LogP contribution in [0.5, 0.6) is 0 Å². The highest BCUT2D eigenvalue weighted by Crippen LogP contribution is 2.48. The summed E-state index contributed by atoms with van der Waals surface area (Å²) in [6, 6.07) is 10.6. The van der Waals surface area contributed by atoms with Gasteiger partial charge >= 0.3 is 0 Å². The lowest BCUT2D eigenvalue weighted by Gasteiger charge is -2.42. The maximum absolute atomic E-state index is 11.9. The van der Waals surface area contributed by atoms with Crippen LogP contribution in [0.3, 0.4) is 0 Å². The van der Waals surface area contributed by atoms with Gasteiger partial charge in [-0.15, -0.1) is 0 Å². The van der Waals surface area contributed by atoms with E-state index in [-0.39, 0.29) is 34.3 Å². The number of anilines is 1. The Morgan fingerprint density at radius 2 is 1.60 bits per heavy atom. The van der Waals surface area contributed by atoms with Gasteiger partial charge in [0.15, 0.2) is 0 Å². The lowest BCUT2D eigenvalue weighted by Crippen LogP contribution is -2.34. The molecule has 2 amide bonds. The third kappa shape index (κ3) is 3.53. The lowest BCUT2D eigenvalue weighted by atomic mass is 9.62. The molecule has 0 spiro atoms. The molecule has 2 aromatic carbocycles. The Hall–Kier alpha value is -2.27. The molecular weight excluding hydrogens is 392 g/mol. The zero-order valence-electron chi connectivity index (χ0n) is 18.5. The molecule has 0 radical (unpaired) electrons. The van der Waals surface area contributed by atoms with E-state index in [1.807, 2.05) is 18.2 Å². The first-order chi connectivity index (χ1) is 14.0. The molecule has 5 heteroatoms. The summed E-state index contributed by atoms with van der Waals surface area (Å²) in [6.07, 6.45) is 2.36. The molecule has 4 rings (SSSR count). The number of nitrogens with zero attached hydrogens (tertiary/aromatic N) is 1. The van der Waals surface area contributed by atoms with Crippen molar-refractivity contribution in [2.45, 2.75) is 64.8 Å². The molecule has 0 unspecified atom stereocenters. The first-order valence-electron chi connectivity index (χ1n) is 10.5. The predicted molar refractivity (Wildman–Crippen MR) is 125 cm³/mol. The van der Waals surface area contributed by atoms with Gasteiger partial charge in [-0.2, -0.15) is 0 Å². The fourth-order valence-electron chi connectivity index (χ4n) is 4.68. The Balaban J connectivity index is 1.73.